The van der Waals surface area contributed by atoms with Crippen LogP contribution in [0.25, 0.3) is 0 Å². The van der Waals surface area contributed by atoms with Crippen molar-refractivity contribution in [3.8, 4) is 0 Å². The summed E-state index contributed by atoms with van der Waals surface area (Å²) in [6.07, 6.45) is 0. The molecule has 2 heterocycles. The highest BCUT2D eigenvalue weighted by Crippen LogP contribution is 2.20. The average Bonchev–Trinajstić information content (AvgIpc) is 2.90. The van der Waals surface area contributed by atoms with Crippen LogP contribution in [0.3, 0.4) is 0 Å². The SMILES string of the molecule is Cc1ccc(S(=O)(=O)NCCN2C(=O)CNC2=O)s1. The van der Waals surface area contributed by atoms with E-state index in [1.807, 2.05) is 6.92 Å². The number of rotatable bonds is 5. The second-order valence-electron chi connectivity index (χ2n) is 3.97. The maximum absolute atomic E-state index is 11.9. The lowest BCUT2D eigenvalue weighted by Crippen LogP contribution is -2.38. The van der Waals surface area contributed by atoms with Gasteiger partial charge in [0, 0.05) is 18.0 Å². The summed E-state index contributed by atoms with van der Waals surface area (Å²) < 4.78 is 26.3. The van der Waals surface area contributed by atoms with Crippen molar-refractivity contribution in [2.45, 2.75) is 11.1 Å². The summed E-state index contributed by atoms with van der Waals surface area (Å²) in [5.41, 5.74) is 0. The zero-order valence-electron chi connectivity index (χ0n) is 10.2. The van der Waals surface area contributed by atoms with Gasteiger partial charge in [-0.3, -0.25) is 9.69 Å². The van der Waals surface area contributed by atoms with E-state index >= 15 is 0 Å². The van der Waals surface area contributed by atoms with Gasteiger partial charge in [-0.15, -0.1) is 11.3 Å². The smallest absolute Gasteiger partial charge is 0.324 e. The van der Waals surface area contributed by atoms with Gasteiger partial charge in [0.2, 0.25) is 15.9 Å². The number of imide groups is 1. The van der Waals surface area contributed by atoms with Crippen LogP contribution in [0.4, 0.5) is 4.79 Å². The fourth-order valence-electron chi connectivity index (χ4n) is 1.60. The van der Waals surface area contributed by atoms with Crippen LogP contribution in [-0.4, -0.2) is 44.9 Å². The van der Waals surface area contributed by atoms with Crippen molar-refractivity contribution in [3.05, 3.63) is 17.0 Å². The lowest BCUT2D eigenvalue weighted by Gasteiger charge is -2.12. The van der Waals surface area contributed by atoms with Crippen molar-refractivity contribution in [2.75, 3.05) is 19.6 Å². The van der Waals surface area contributed by atoms with Gasteiger partial charge in [0.05, 0.1) is 6.54 Å². The molecule has 1 aliphatic rings. The van der Waals surface area contributed by atoms with Gasteiger partial charge < -0.3 is 5.32 Å². The first-order valence-corrected chi connectivity index (χ1v) is 7.84. The van der Waals surface area contributed by atoms with E-state index in [0.717, 1.165) is 9.78 Å². The molecule has 0 spiro atoms. The van der Waals surface area contributed by atoms with Gasteiger partial charge in [0.25, 0.3) is 0 Å². The molecular weight excluding hydrogens is 290 g/mol. The number of hydrogen-bond acceptors (Lipinski definition) is 5. The first-order chi connectivity index (χ1) is 8.90. The third-order valence-corrected chi connectivity index (χ3v) is 5.50. The van der Waals surface area contributed by atoms with E-state index in [4.69, 9.17) is 0 Å². The zero-order chi connectivity index (χ0) is 14.0. The molecule has 7 nitrogen and oxygen atoms in total. The Morgan fingerprint density at radius 1 is 1.42 bits per heavy atom. The van der Waals surface area contributed by atoms with Crippen molar-refractivity contribution in [2.24, 2.45) is 0 Å². The monoisotopic (exact) mass is 303 g/mol. The van der Waals surface area contributed by atoms with Crippen LogP contribution in [0.5, 0.6) is 0 Å². The summed E-state index contributed by atoms with van der Waals surface area (Å²) in [6.45, 7) is 1.80. The molecule has 9 heteroatoms. The van der Waals surface area contributed by atoms with Gasteiger partial charge in [-0.1, -0.05) is 0 Å². The van der Waals surface area contributed by atoms with E-state index < -0.39 is 16.1 Å². The van der Waals surface area contributed by atoms with E-state index in [2.05, 4.69) is 10.0 Å². The Bertz CT molecular complexity index is 592. The lowest BCUT2D eigenvalue weighted by atomic mass is 10.5. The zero-order valence-corrected chi connectivity index (χ0v) is 11.8. The molecule has 0 radical (unpaired) electrons. The number of thiophene rings is 1. The average molecular weight is 303 g/mol. The van der Waals surface area contributed by atoms with Crippen molar-refractivity contribution >= 4 is 33.3 Å². The molecule has 1 aromatic heterocycles. The number of sulfonamides is 1. The highest BCUT2D eigenvalue weighted by Gasteiger charge is 2.28. The third kappa shape index (κ3) is 3.11. The minimum absolute atomic E-state index is 0.00155. The maximum Gasteiger partial charge on any atom is 0.324 e. The van der Waals surface area contributed by atoms with Gasteiger partial charge in [-0.05, 0) is 19.1 Å². The molecule has 1 saturated heterocycles. The first-order valence-electron chi connectivity index (χ1n) is 5.54. The quantitative estimate of drug-likeness (QED) is 0.742. The number of amides is 3. The summed E-state index contributed by atoms with van der Waals surface area (Å²) in [7, 11) is -3.57. The van der Waals surface area contributed by atoms with E-state index in [9.17, 15) is 18.0 Å². The number of nitrogens with one attached hydrogen (secondary N) is 2. The Labute approximate surface area is 114 Å². The van der Waals surface area contributed by atoms with Crippen LogP contribution in [0.1, 0.15) is 4.88 Å². The van der Waals surface area contributed by atoms with Crippen molar-refractivity contribution in [3.63, 3.8) is 0 Å². The molecule has 1 aliphatic heterocycles. The fourth-order valence-corrected chi connectivity index (χ4v) is 3.95. The van der Waals surface area contributed by atoms with E-state index in [-0.39, 0.29) is 29.8 Å². The molecule has 0 atom stereocenters. The minimum atomic E-state index is -3.57. The molecule has 19 heavy (non-hydrogen) atoms. The predicted octanol–water partition coefficient (Wildman–Crippen LogP) is -0.113. The van der Waals surface area contributed by atoms with Crippen LogP contribution < -0.4 is 10.0 Å². The van der Waals surface area contributed by atoms with Crippen LogP contribution in [-0.2, 0) is 14.8 Å². The molecule has 0 unspecified atom stereocenters. The van der Waals surface area contributed by atoms with Crippen LogP contribution in [0.15, 0.2) is 16.3 Å². The highest BCUT2D eigenvalue weighted by atomic mass is 32.2. The Hall–Kier alpha value is -1.45. The van der Waals surface area contributed by atoms with Crippen LogP contribution >= 0.6 is 11.3 Å². The van der Waals surface area contributed by atoms with Gasteiger partial charge in [-0.2, -0.15) is 0 Å². The van der Waals surface area contributed by atoms with Crippen molar-refractivity contribution < 1.29 is 18.0 Å². The molecule has 0 bridgehead atoms. The van der Waals surface area contributed by atoms with Crippen molar-refractivity contribution in [1.82, 2.24) is 14.9 Å². The maximum atomic E-state index is 11.9. The summed E-state index contributed by atoms with van der Waals surface area (Å²) in [6, 6.07) is 2.75. The predicted molar refractivity (Wildman–Crippen MR) is 69.4 cm³/mol. The fraction of sp³-hybridized carbons (Fsp3) is 0.400. The third-order valence-electron chi connectivity index (χ3n) is 2.55. The summed E-state index contributed by atoms with van der Waals surface area (Å²) >= 11 is 1.17. The number of urea groups is 1. The molecule has 2 rings (SSSR count). The van der Waals surface area contributed by atoms with E-state index in [0.29, 0.717) is 0 Å². The number of nitrogens with zero attached hydrogens (tertiary/aromatic N) is 1. The molecule has 2 N–H and O–H groups in total. The molecule has 104 valence electrons. The van der Waals surface area contributed by atoms with E-state index in [1.165, 1.54) is 17.4 Å². The lowest BCUT2D eigenvalue weighted by molar-refractivity contribution is -0.124. The second-order valence-corrected chi connectivity index (χ2v) is 7.25. The number of carbonyl (C=O) groups is 2. The summed E-state index contributed by atoms with van der Waals surface area (Å²) in [5.74, 6) is -0.351. The Morgan fingerprint density at radius 3 is 2.68 bits per heavy atom. The van der Waals surface area contributed by atoms with E-state index in [1.54, 1.807) is 6.07 Å². The standard InChI is InChI=1S/C10H13N3O4S2/c1-7-2-3-9(18-7)19(16,17)12-4-5-13-8(14)6-11-10(13)15/h2-3,12H,4-6H2,1H3,(H,11,15). The molecule has 1 fully saturated rings. The van der Waals surface area contributed by atoms with Gasteiger partial charge in [-0.25, -0.2) is 17.9 Å². The number of aryl methyl sites for hydroxylation is 1. The van der Waals surface area contributed by atoms with Gasteiger partial charge in [0.15, 0.2) is 0 Å². The topological polar surface area (TPSA) is 95.6 Å². The van der Waals surface area contributed by atoms with Gasteiger partial charge in [0.1, 0.15) is 4.21 Å². The first kappa shape index (κ1) is 14.0. The Balaban J connectivity index is 1.92. The van der Waals surface area contributed by atoms with Crippen LogP contribution in [0, 0.1) is 6.92 Å². The Kier molecular flexibility index (Phi) is 3.88. The number of carbonyl (C=O) groups excluding carboxylic acids is 2. The Morgan fingerprint density at radius 2 is 2.16 bits per heavy atom. The molecule has 0 saturated carbocycles. The molecule has 1 aromatic rings. The van der Waals surface area contributed by atoms with Crippen LogP contribution in [0.2, 0.25) is 0 Å². The highest BCUT2D eigenvalue weighted by molar-refractivity contribution is 7.91. The second kappa shape index (κ2) is 5.27. The molecule has 0 aliphatic carbocycles. The largest absolute Gasteiger partial charge is 0.329 e. The minimum Gasteiger partial charge on any atom is -0.329 e. The molecule has 0 aromatic carbocycles. The summed E-state index contributed by atoms with van der Waals surface area (Å²) in [5, 5.41) is 2.36. The van der Waals surface area contributed by atoms with Gasteiger partial charge >= 0.3 is 6.03 Å². The number of hydrogen-bond donors (Lipinski definition) is 2. The normalized spacial score (nSPS) is 15.9. The molecule has 3 amide bonds. The summed E-state index contributed by atoms with van der Waals surface area (Å²) in [4.78, 5) is 24.4. The molecular formula is C10H13N3O4S2. The van der Waals surface area contributed by atoms with Crippen molar-refractivity contribution in [1.29, 1.82) is 0 Å².